The van der Waals surface area contributed by atoms with E-state index >= 15 is 0 Å². The molecule has 25 heavy (non-hydrogen) atoms. The van der Waals surface area contributed by atoms with Crippen LogP contribution in [0.2, 0.25) is 0 Å². The minimum atomic E-state index is -0.652. The van der Waals surface area contributed by atoms with Gasteiger partial charge in [-0.3, -0.25) is 29.0 Å². The largest absolute Gasteiger partial charge is 0.278 e. The predicted octanol–water partition coefficient (Wildman–Crippen LogP) is 0.574. The van der Waals surface area contributed by atoms with E-state index in [9.17, 15) is 19.2 Å². The van der Waals surface area contributed by atoms with E-state index in [1.54, 1.807) is 26.0 Å². The zero-order chi connectivity index (χ0) is 18.7. The molecule has 0 aromatic carbocycles. The lowest BCUT2D eigenvalue weighted by Crippen LogP contribution is -2.45. The topological polar surface area (TPSA) is 122 Å². The number of hydrogen-bond donors (Lipinski definition) is 0. The highest BCUT2D eigenvalue weighted by atomic mass is 16.2. The maximum absolute atomic E-state index is 12.2. The van der Waals surface area contributed by atoms with E-state index < -0.39 is 23.6 Å². The predicted molar refractivity (Wildman–Crippen MR) is 83.9 cm³/mol. The first-order valence-corrected chi connectivity index (χ1v) is 7.70. The van der Waals surface area contributed by atoms with Crippen LogP contribution >= 0.6 is 0 Å². The number of nitrogens with zero attached hydrogens (tertiary/aromatic N) is 4. The smallest absolute Gasteiger partial charge is 0.271 e. The summed E-state index contributed by atoms with van der Waals surface area (Å²) in [6.45, 7) is 3.12. The molecular formula is C17H16N4O4. The molecule has 8 heteroatoms. The molecule has 0 aromatic rings. The van der Waals surface area contributed by atoms with E-state index in [2.05, 4.69) is 0 Å². The summed E-state index contributed by atoms with van der Waals surface area (Å²) in [4.78, 5) is 50.2. The molecule has 0 saturated carbocycles. The maximum Gasteiger partial charge on any atom is 0.271 e. The summed E-state index contributed by atoms with van der Waals surface area (Å²) >= 11 is 0. The molecule has 8 nitrogen and oxygen atoms in total. The third-order valence-electron chi connectivity index (χ3n) is 4.19. The lowest BCUT2D eigenvalue weighted by atomic mass is 10.00. The summed E-state index contributed by atoms with van der Waals surface area (Å²) in [5, 5.41) is 18.0. The Balaban J connectivity index is 2.04. The SMILES string of the molecule is CC1=C(C#N)C(=O)N(CCCN2C(=O)CC(C)=C(C#N)C2=O)C(=O)C1. The minimum Gasteiger partial charge on any atom is -0.278 e. The van der Waals surface area contributed by atoms with Gasteiger partial charge in [0.05, 0.1) is 0 Å². The highest BCUT2D eigenvalue weighted by Crippen LogP contribution is 2.21. The lowest BCUT2D eigenvalue weighted by molar-refractivity contribution is -0.143. The van der Waals surface area contributed by atoms with Gasteiger partial charge in [0, 0.05) is 25.9 Å². The summed E-state index contributed by atoms with van der Waals surface area (Å²) in [6, 6.07) is 3.60. The molecule has 0 fully saturated rings. The fourth-order valence-corrected chi connectivity index (χ4v) is 2.81. The number of nitriles is 2. The zero-order valence-corrected chi connectivity index (χ0v) is 14.0. The van der Waals surface area contributed by atoms with Crippen LogP contribution in [0.1, 0.15) is 33.1 Å². The number of carbonyl (C=O) groups excluding carboxylic acids is 4. The Morgan fingerprint density at radius 3 is 1.48 bits per heavy atom. The van der Waals surface area contributed by atoms with Crippen molar-refractivity contribution in [3.63, 3.8) is 0 Å². The number of carbonyl (C=O) groups is 4. The monoisotopic (exact) mass is 340 g/mol. The van der Waals surface area contributed by atoms with Crippen LogP contribution in [0, 0.1) is 22.7 Å². The molecule has 0 unspecified atom stereocenters. The first-order chi connectivity index (χ1) is 11.8. The molecule has 2 heterocycles. The Morgan fingerprint density at radius 2 is 1.16 bits per heavy atom. The van der Waals surface area contributed by atoms with E-state index in [-0.39, 0.29) is 43.5 Å². The van der Waals surface area contributed by atoms with Crippen molar-refractivity contribution in [3.05, 3.63) is 22.3 Å². The second-order valence-corrected chi connectivity index (χ2v) is 5.94. The van der Waals surface area contributed by atoms with Crippen molar-refractivity contribution in [1.29, 1.82) is 10.5 Å². The van der Waals surface area contributed by atoms with Gasteiger partial charge in [-0.25, -0.2) is 0 Å². The fourth-order valence-electron chi connectivity index (χ4n) is 2.81. The number of imide groups is 2. The maximum atomic E-state index is 12.2. The molecule has 0 N–H and O–H groups in total. The number of hydrogen-bond acceptors (Lipinski definition) is 6. The van der Waals surface area contributed by atoms with Gasteiger partial charge in [0.1, 0.15) is 23.3 Å². The highest BCUT2D eigenvalue weighted by Gasteiger charge is 2.33. The van der Waals surface area contributed by atoms with E-state index in [1.807, 2.05) is 0 Å². The number of rotatable bonds is 4. The highest BCUT2D eigenvalue weighted by molar-refractivity contribution is 6.11. The molecule has 128 valence electrons. The van der Waals surface area contributed by atoms with Gasteiger partial charge in [-0.15, -0.1) is 0 Å². The van der Waals surface area contributed by atoms with E-state index in [0.29, 0.717) is 11.1 Å². The fraction of sp³-hybridized carbons (Fsp3) is 0.412. The Bertz CT molecular complexity index is 755. The summed E-state index contributed by atoms with van der Waals surface area (Å²) in [7, 11) is 0. The molecule has 2 aliphatic heterocycles. The molecule has 2 rings (SSSR count). The second-order valence-electron chi connectivity index (χ2n) is 5.94. The summed E-state index contributed by atoms with van der Waals surface area (Å²) in [5.41, 5.74) is 0.786. The molecule has 0 radical (unpaired) electrons. The molecule has 0 aromatic heterocycles. The van der Waals surface area contributed by atoms with Crippen LogP contribution in [0.3, 0.4) is 0 Å². The van der Waals surface area contributed by atoms with Crippen molar-refractivity contribution >= 4 is 23.6 Å². The standard InChI is InChI=1S/C17H16N4O4/c1-10-6-14(22)20(16(24)12(10)8-18)4-3-5-21-15(23)7-11(2)13(9-19)17(21)25/h3-7H2,1-2H3. The van der Waals surface area contributed by atoms with Crippen molar-refractivity contribution in [3.8, 4) is 12.1 Å². The van der Waals surface area contributed by atoms with Crippen LogP contribution in [0.25, 0.3) is 0 Å². The number of amides is 4. The van der Waals surface area contributed by atoms with Crippen molar-refractivity contribution in [2.45, 2.75) is 33.1 Å². The van der Waals surface area contributed by atoms with Crippen molar-refractivity contribution < 1.29 is 19.2 Å². The van der Waals surface area contributed by atoms with Gasteiger partial charge in [0.15, 0.2) is 0 Å². The molecule has 0 aliphatic carbocycles. The van der Waals surface area contributed by atoms with Gasteiger partial charge < -0.3 is 0 Å². The third kappa shape index (κ3) is 3.33. The van der Waals surface area contributed by atoms with Crippen LogP contribution in [0.15, 0.2) is 22.3 Å². The minimum absolute atomic E-state index is 0.00221. The van der Waals surface area contributed by atoms with Crippen molar-refractivity contribution in [2.24, 2.45) is 0 Å². The lowest BCUT2D eigenvalue weighted by Gasteiger charge is -2.28. The zero-order valence-electron chi connectivity index (χ0n) is 14.0. The normalized spacial score (nSPS) is 18.7. The Morgan fingerprint density at radius 1 is 0.800 bits per heavy atom. The molecule has 0 bridgehead atoms. The van der Waals surface area contributed by atoms with Gasteiger partial charge in [0.2, 0.25) is 11.8 Å². The summed E-state index contributed by atoms with van der Waals surface area (Å²) in [5.74, 6) is -2.13. The van der Waals surface area contributed by atoms with E-state index in [1.165, 1.54) is 0 Å². The molecule has 0 spiro atoms. The molecule has 0 saturated heterocycles. The first-order valence-electron chi connectivity index (χ1n) is 7.70. The van der Waals surface area contributed by atoms with Crippen LogP contribution in [-0.4, -0.2) is 46.5 Å². The molecule has 0 atom stereocenters. The van der Waals surface area contributed by atoms with Gasteiger partial charge in [-0.1, -0.05) is 0 Å². The van der Waals surface area contributed by atoms with Crippen molar-refractivity contribution in [1.82, 2.24) is 9.80 Å². The average molecular weight is 340 g/mol. The Labute approximate surface area is 144 Å². The van der Waals surface area contributed by atoms with Gasteiger partial charge in [-0.05, 0) is 31.4 Å². The summed E-state index contributed by atoms with van der Waals surface area (Å²) in [6.07, 6.45) is 0.178. The Kier molecular flexibility index (Phi) is 5.14. The first kappa shape index (κ1) is 18.1. The summed E-state index contributed by atoms with van der Waals surface area (Å²) < 4.78 is 0. The van der Waals surface area contributed by atoms with Crippen LogP contribution < -0.4 is 0 Å². The van der Waals surface area contributed by atoms with Crippen molar-refractivity contribution in [2.75, 3.05) is 13.1 Å². The molecular weight excluding hydrogens is 324 g/mol. The average Bonchev–Trinajstić information content (AvgIpc) is 2.53. The van der Waals surface area contributed by atoms with Gasteiger partial charge in [0.25, 0.3) is 11.8 Å². The van der Waals surface area contributed by atoms with Crippen LogP contribution in [0.4, 0.5) is 0 Å². The third-order valence-corrected chi connectivity index (χ3v) is 4.19. The van der Waals surface area contributed by atoms with Gasteiger partial charge in [-0.2, -0.15) is 10.5 Å². The van der Waals surface area contributed by atoms with Gasteiger partial charge >= 0.3 is 0 Å². The second kappa shape index (κ2) is 7.10. The van der Waals surface area contributed by atoms with Crippen LogP contribution in [0.5, 0.6) is 0 Å². The quantitative estimate of drug-likeness (QED) is 0.690. The van der Waals surface area contributed by atoms with E-state index in [0.717, 1.165) is 9.80 Å². The molecule has 4 amide bonds. The molecule has 2 aliphatic rings. The Hall–Kier alpha value is -3.26. The van der Waals surface area contributed by atoms with Crippen LogP contribution in [-0.2, 0) is 19.2 Å². The van der Waals surface area contributed by atoms with E-state index in [4.69, 9.17) is 10.5 Å².